The van der Waals surface area contributed by atoms with Crippen molar-refractivity contribution < 1.29 is 9.59 Å². The van der Waals surface area contributed by atoms with E-state index in [0.717, 1.165) is 50.5 Å². The normalized spacial score (nSPS) is 29.4. The fraction of sp³-hybridized carbons (Fsp3) is 0.650. The second kappa shape index (κ2) is 7.25. The monoisotopic (exact) mass is 357 g/mol. The lowest BCUT2D eigenvalue weighted by atomic mass is 10.00. The van der Waals surface area contributed by atoms with E-state index < -0.39 is 0 Å². The molecule has 2 amide bonds. The van der Waals surface area contributed by atoms with Crippen LogP contribution in [0.2, 0.25) is 0 Å². The van der Waals surface area contributed by atoms with Gasteiger partial charge in [0.1, 0.15) is 6.04 Å². The molecule has 0 aromatic carbocycles. The van der Waals surface area contributed by atoms with Crippen molar-refractivity contribution in [1.82, 2.24) is 14.8 Å². The van der Waals surface area contributed by atoms with Crippen molar-refractivity contribution in [3.63, 3.8) is 0 Å². The lowest BCUT2D eigenvalue weighted by molar-refractivity contribution is -0.145. The number of rotatable bonds is 2. The van der Waals surface area contributed by atoms with E-state index in [1.807, 2.05) is 15.9 Å². The molecule has 0 bridgehead atoms. The maximum absolute atomic E-state index is 13.2. The molecule has 0 aliphatic carbocycles. The first-order valence-electron chi connectivity index (χ1n) is 9.92. The summed E-state index contributed by atoms with van der Waals surface area (Å²) in [7, 11) is 0. The predicted molar refractivity (Wildman–Crippen MR) is 97.7 cm³/mol. The largest absolute Gasteiger partial charge is 0.340 e. The lowest BCUT2D eigenvalue weighted by Crippen LogP contribution is -2.50. The van der Waals surface area contributed by atoms with Gasteiger partial charge in [0, 0.05) is 43.7 Å². The van der Waals surface area contributed by atoms with Crippen LogP contribution in [0.3, 0.4) is 0 Å². The molecule has 1 aromatic rings. The minimum Gasteiger partial charge on any atom is -0.340 e. The SMILES string of the molecule is O=C([C@@H]1CC[C@@H]2CCCCCC(=O)N21)N1CCC(c2cc[nH]c(=O)c2)C1. The van der Waals surface area contributed by atoms with E-state index in [-0.39, 0.29) is 35.4 Å². The predicted octanol–water partition coefficient (Wildman–Crippen LogP) is 2.01. The van der Waals surface area contributed by atoms with Gasteiger partial charge in [-0.15, -0.1) is 0 Å². The summed E-state index contributed by atoms with van der Waals surface area (Å²) in [4.78, 5) is 43.8. The van der Waals surface area contributed by atoms with Gasteiger partial charge in [-0.05, 0) is 43.7 Å². The van der Waals surface area contributed by atoms with E-state index in [9.17, 15) is 14.4 Å². The summed E-state index contributed by atoms with van der Waals surface area (Å²) in [5.41, 5.74) is 0.896. The van der Waals surface area contributed by atoms with E-state index in [4.69, 9.17) is 0 Å². The fourth-order valence-electron chi connectivity index (χ4n) is 4.91. The van der Waals surface area contributed by atoms with E-state index in [1.165, 1.54) is 0 Å². The molecule has 1 unspecified atom stereocenters. The van der Waals surface area contributed by atoms with Crippen LogP contribution in [0, 0.1) is 0 Å². The highest BCUT2D eigenvalue weighted by atomic mass is 16.2. The molecule has 0 radical (unpaired) electrons. The number of carbonyl (C=O) groups is 2. The van der Waals surface area contributed by atoms with Gasteiger partial charge in [0.2, 0.25) is 17.4 Å². The van der Waals surface area contributed by atoms with Gasteiger partial charge >= 0.3 is 0 Å². The van der Waals surface area contributed by atoms with Crippen molar-refractivity contribution in [3.8, 4) is 0 Å². The Morgan fingerprint density at radius 2 is 1.96 bits per heavy atom. The Balaban J connectivity index is 1.46. The summed E-state index contributed by atoms with van der Waals surface area (Å²) in [5.74, 6) is 0.478. The smallest absolute Gasteiger partial charge is 0.248 e. The summed E-state index contributed by atoms with van der Waals surface area (Å²) in [6.45, 7) is 1.35. The van der Waals surface area contributed by atoms with Gasteiger partial charge in [0.15, 0.2) is 0 Å². The van der Waals surface area contributed by atoms with Gasteiger partial charge in [-0.2, -0.15) is 0 Å². The van der Waals surface area contributed by atoms with Crippen LogP contribution in [0.15, 0.2) is 23.1 Å². The highest BCUT2D eigenvalue weighted by Crippen LogP contribution is 2.34. The number of nitrogens with one attached hydrogen (secondary N) is 1. The first-order valence-corrected chi connectivity index (χ1v) is 9.92. The number of nitrogens with zero attached hydrogens (tertiary/aromatic N) is 2. The number of carbonyl (C=O) groups excluding carboxylic acids is 2. The Morgan fingerprint density at radius 3 is 2.81 bits per heavy atom. The maximum Gasteiger partial charge on any atom is 0.248 e. The van der Waals surface area contributed by atoms with Crippen LogP contribution in [-0.4, -0.2) is 51.8 Å². The molecular weight excluding hydrogens is 330 g/mol. The first kappa shape index (κ1) is 17.3. The van der Waals surface area contributed by atoms with Crippen molar-refractivity contribution in [2.75, 3.05) is 13.1 Å². The molecule has 0 spiro atoms. The minimum atomic E-state index is -0.275. The molecule has 3 atom stereocenters. The molecule has 1 aromatic heterocycles. The molecule has 4 heterocycles. The summed E-state index contributed by atoms with van der Waals surface area (Å²) < 4.78 is 0. The summed E-state index contributed by atoms with van der Waals surface area (Å²) >= 11 is 0. The number of hydrogen-bond acceptors (Lipinski definition) is 3. The zero-order chi connectivity index (χ0) is 18.1. The van der Waals surface area contributed by atoms with Crippen LogP contribution in [0.25, 0.3) is 0 Å². The number of pyridine rings is 1. The van der Waals surface area contributed by atoms with Crippen LogP contribution >= 0.6 is 0 Å². The summed E-state index contributed by atoms with van der Waals surface area (Å²) in [6.07, 6.45) is 9.12. The Bertz CT molecular complexity index is 744. The Kier molecular flexibility index (Phi) is 4.83. The molecule has 3 aliphatic heterocycles. The average molecular weight is 357 g/mol. The number of fused-ring (bicyclic) bond motifs is 1. The van der Waals surface area contributed by atoms with E-state index in [0.29, 0.717) is 19.5 Å². The van der Waals surface area contributed by atoms with Crippen molar-refractivity contribution in [1.29, 1.82) is 0 Å². The second-order valence-corrected chi connectivity index (χ2v) is 7.90. The van der Waals surface area contributed by atoms with Gasteiger partial charge in [-0.25, -0.2) is 0 Å². The number of aromatic amines is 1. The second-order valence-electron chi connectivity index (χ2n) is 7.90. The molecule has 3 fully saturated rings. The summed E-state index contributed by atoms with van der Waals surface area (Å²) in [6, 6.07) is 3.53. The van der Waals surface area contributed by atoms with Crippen LogP contribution in [0.5, 0.6) is 0 Å². The van der Waals surface area contributed by atoms with Crippen molar-refractivity contribution in [2.24, 2.45) is 0 Å². The third-order valence-electron chi connectivity index (χ3n) is 6.27. The van der Waals surface area contributed by atoms with Crippen LogP contribution < -0.4 is 5.56 Å². The van der Waals surface area contributed by atoms with E-state index >= 15 is 0 Å². The van der Waals surface area contributed by atoms with Crippen molar-refractivity contribution in [2.45, 2.75) is 69.4 Å². The van der Waals surface area contributed by atoms with Gasteiger partial charge in [0.05, 0.1) is 0 Å². The molecule has 3 saturated heterocycles. The fourth-order valence-corrected chi connectivity index (χ4v) is 4.91. The number of likely N-dealkylation sites (tertiary alicyclic amines) is 1. The Hall–Kier alpha value is -2.11. The molecular formula is C20H27N3O3. The zero-order valence-corrected chi connectivity index (χ0v) is 15.2. The van der Waals surface area contributed by atoms with Gasteiger partial charge in [-0.1, -0.05) is 12.8 Å². The molecule has 3 aliphatic rings. The van der Waals surface area contributed by atoms with Crippen molar-refractivity contribution >= 4 is 11.8 Å². The van der Waals surface area contributed by atoms with Crippen LogP contribution in [-0.2, 0) is 9.59 Å². The van der Waals surface area contributed by atoms with Crippen LogP contribution in [0.4, 0.5) is 0 Å². The van der Waals surface area contributed by atoms with Gasteiger partial charge in [-0.3, -0.25) is 14.4 Å². The molecule has 6 nitrogen and oxygen atoms in total. The minimum absolute atomic E-state index is 0.0999. The number of amides is 2. The number of hydrogen-bond donors (Lipinski definition) is 1. The topological polar surface area (TPSA) is 73.5 Å². The molecule has 140 valence electrons. The molecule has 26 heavy (non-hydrogen) atoms. The third-order valence-corrected chi connectivity index (χ3v) is 6.27. The highest BCUT2D eigenvalue weighted by Gasteiger charge is 2.43. The molecule has 6 heteroatoms. The van der Waals surface area contributed by atoms with Gasteiger partial charge in [0.25, 0.3) is 0 Å². The quantitative estimate of drug-likeness (QED) is 0.880. The molecule has 0 saturated carbocycles. The summed E-state index contributed by atoms with van der Waals surface area (Å²) in [5, 5.41) is 0. The maximum atomic E-state index is 13.2. The van der Waals surface area contributed by atoms with E-state index in [2.05, 4.69) is 4.98 Å². The lowest BCUT2D eigenvalue weighted by Gasteiger charge is -2.33. The van der Waals surface area contributed by atoms with Gasteiger partial charge < -0.3 is 14.8 Å². The molecule has 4 rings (SSSR count). The number of aromatic nitrogens is 1. The van der Waals surface area contributed by atoms with Crippen LogP contribution in [0.1, 0.15) is 62.8 Å². The van der Waals surface area contributed by atoms with E-state index in [1.54, 1.807) is 12.3 Å². The Labute approximate surface area is 153 Å². The zero-order valence-electron chi connectivity index (χ0n) is 15.2. The Morgan fingerprint density at radius 1 is 1.08 bits per heavy atom. The standard InChI is InChI=1S/C20H27N3O3/c24-18-12-14(8-10-21-18)15-9-11-22(13-15)20(26)17-7-6-16-4-2-1-3-5-19(25)23(16)17/h8,10,12,15-17H,1-7,9,11,13H2,(H,21,24)/t15?,16-,17-/m0/s1. The third kappa shape index (κ3) is 3.29. The highest BCUT2D eigenvalue weighted by molar-refractivity contribution is 5.88. The first-order chi connectivity index (χ1) is 12.6. The number of H-pyrrole nitrogens is 1. The van der Waals surface area contributed by atoms with Crippen molar-refractivity contribution in [3.05, 3.63) is 34.2 Å². The molecule has 1 N–H and O–H groups in total. The average Bonchev–Trinajstić information content (AvgIpc) is 3.26.